The maximum atomic E-state index is 12.6. The molecule has 1 fully saturated rings. The highest BCUT2D eigenvalue weighted by atomic mass is 19.4. The van der Waals surface area contributed by atoms with Gasteiger partial charge >= 0.3 is 24.0 Å². The van der Waals surface area contributed by atoms with Crippen molar-refractivity contribution in [2.75, 3.05) is 63.5 Å². The van der Waals surface area contributed by atoms with Crippen LogP contribution in [0.2, 0.25) is 0 Å². The predicted molar refractivity (Wildman–Crippen MR) is 106 cm³/mol. The van der Waals surface area contributed by atoms with Crippen LogP contribution in [0, 0.1) is 0 Å². The van der Waals surface area contributed by atoms with Gasteiger partial charge in [0, 0.05) is 37.6 Å². The topological polar surface area (TPSA) is 88.6 Å². The Bertz CT molecular complexity index is 908. The van der Waals surface area contributed by atoms with Crippen LogP contribution >= 0.6 is 0 Å². The Kier molecular flexibility index (Phi) is 6.92. The minimum atomic E-state index is -4.88. The van der Waals surface area contributed by atoms with Gasteiger partial charge in [0.05, 0.1) is 26.4 Å². The van der Waals surface area contributed by atoms with Gasteiger partial charge in [0.25, 0.3) is 0 Å². The van der Waals surface area contributed by atoms with Crippen molar-refractivity contribution in [1.82, 2.24) is 4.90 Å². The summed E-state index contributed by atoms with van der Waals surface area (Å²) in [6, 6.07) is 6.85. The van der Waals surface area contributed by atoms with Crippen molar-refractivity contribution in [2.45, 2.75) is 6.18 Å². The summed E-state index contributed by atoms with van der Waals surface area (Å²) in [5.41, 5.74) is 1.32. The molecule has 0 spiro atoms. The fourth-order valence-electron chi connectivity index (χ4n) is 3.54. The van der Waals surface area contributed by atoms with Crippen LogP contribution in [0.3, 0.4) is 0 Å². The second kappa shape index (κ2) is 9.47. The maximum absolute atomic E-state index is 12.6. The number of anilines is 2. The number of carbonyl (C=O) groups is 3. The van der Waals surface area contributed by atoms with E-state index in [9.17, 15) is 27.6 Å². The average Bonchev–Trinajstić information content (AvgIpc) is 2.81. The Morgan fingerprint density at radius 3 is 2.00 bits per heavy atom. The molecule has 2 aliphatic rings. The number of ether oxygens (including phenoxy) is 3. The minimum Gasteiger partial charge on any atom is -0.466 e. The van der Waals surface area contributed by atoms with Gasteiger partial charge in [-0.1, -0.05) is 0 Å². The highest BCUT2D eigenvalue weighted by molar-refractivity contribution is 6.03. The molecule has 0 radical (unpaired) electrons. The summed E-state index contributed by atoms with van der Waals surface area (Å²) in [4.78, 5) is 39.9. The lowest BCUT2D eigenvalue weighted by molar-refractivity contribution is -0.185. The SMILES string of the molecule is COC(=O)C1=C(C(=O)OC)N(c2ccc(N3CCN(C(=O)C(F)(F)F)CC3)cc2)COC1. The number of carbonyl (C=O) groups excluding carboxylic acids is 3. The van der Waals surface area contributed by atoms with E-state index >= 15 is 0 Å². The van der Waals surface area contributed by atoms with Gasteiger partial charge in [-0.2, -0.15) is 13.2 Å². The molecule has 9 nitrogen and oxygen atoms in total. The van der Waals surface area contributed by atoms with Crippen LogP contribution in [0.5, 0.6) is 0 Å². The van der Waals surface area contributed by atoms with Crippen molar-refractivity contribution in [2.24, 2.45) is 0 Å². The van der Waals surface area contributed by atoms with Crippen molar-refractivity contribution < 1.29 is 41.8 Å². The minimum absolute atomic E-state index is 0.00248. The van der Waals surface area contributed by atoms with Gasteiger partial charge in [-0.15, -0.1) is 0 Å². The fourth-order valence-corrected chi connectivity index (χ4v) is 3.54. The van der Waals surface area contributed by atoms with E-state index in [4.69, 9.17) is 14.2 Å². The van der Waals surface area contributed by atoms with E-state index in [2.05, 4.69) is 0 Å². The number of rotatable bonds is 4. The fraction of sp³-hybridized carbons (Fsp3) is 0.450. The van der Waals surface area contributed by atoms with Gasteiger partial charge in [-0.25, -0.2) is 9.59 Å². The second-order valence-electron chi connectivity index (χ2n) is 7.01. The monoisotopic (exact) mass is 457 g/mol. The molecule has 0 atom stereocenters. The zero-order valence-corrected chi connectivity index (χ0v) is 17.5. The molecule has 0 unspecified atom stereocenters. The van der Waals surface area contributed by atoms with Crippen LogP contribution in [0.4, 0.5) is 24.5 Å². The number of piperazine rings is 1. The first kappa shape index (κ1) is 23.4. The van der Waals surface area contributed by atoms with E-state index in [0.717, 1.165) is 10.6 Å². The first-order chi connectivity index (χ1) is 15.2. The predicted octanol–water partition coefficient (Wildman–Crippen LogP) is 1.29. The Hall–Kier alpha value is -3.28. The van der Waals surface area contributed by atoms with Gasteiger partial charge in [0.15, 0.2) is 0 Å². The lowest BCUT2D eigenvalue weighted by atomic mass is 10.1. The highest BCUT2D eigenvalue weighted by Gasteiger charge is 2.43. The number of esters is 2. The van der Waals surface area contributed by atoms with Gasteiger partial charge in [-0.3, -0.25) is 4.79 Å². The van der Waals surface area contributed by atoms with Crippen LogP contribution in [0.15, 0.2) is 35.5 Å². The number of hydrogen-bond donors (Lipinski definition) is 0. The Morgan fingerprint density at radius 2 is 1.47 bits per heavy atom. The van der Waals surface area contributed by atoms with Crippen molar-refractivity contribution in [1.29, 1.82) is 0 Å². The Balaban J connectivity index is 1.76. The van der Waals surface area contributed by atoms with Crippen LogP contribution in [-0.4, -0.2) is 82.7 Å². The third-order valence-corrected chi connectivity index (χ3v) is 5.17. The molecule has 0 N–H and O–H groups in total. The second-order valence-corrected chi connectivity index (χ2v) is 7.01. The molecule has 2 aliphatic heterocycles. The Labute approximate surface area is 181 Å². The van der Waals surface area contributed by atoms with Crippen molar-refractivity contribution >= 4 is 29.2 Å². The summed E-state index contributed by atoms with van der Waals surface area (Å²) in [6.07, 6.45) is -4.88. The normalized spacial score (nSPS) is 17.3. The molecule has 1 aromatic carbocycles. The van der Waals surface area contributed by atoms with E-state index in [1.807, 2.05) is 4.90 Å². The van der Waals surface area contributed by atoms with Crippen LogP contribution in [0.1, 0.15) is 0 Å². The third kappa shape index (κ3) is 4.79. The largest absolute Gasteiger partial charge is 0.471 e. The summed E-state index contributed by atoms with van der Waals surface area (Å²) in [5, 5.41) is 0. The standard InChI is InChI=1S/C20H22F3N3O6/c1-30-17(27)15-11-32-12-26(16(15)18(28)31-2)14-5-3-13(4-6-14)24-7-9-25(10-8-24)19(29)20(21,22)23/h3-6H,7-12H2,1-2H3. The lowest BCUT2D eigenvalue weighted by Gasteiger charge is -2.36. The number of benzene rings is 1. The van der Waals surface area contributed by atoms with E-state index < -0.39 is 24.0 Å². The van der Waals surface area contributed by atoms with Crippen molar-refractivity contribution in [3.63, 3.8) is 0 Å². The van der Waals surface area contributed by atoms with E-state index in [1.54, 1.807) is 24.3 Å². The zero-order chi connectivity index (χ0) is 23.5. The highest BCUT2D eigenvalue weighted by Crippen LogP contribution is 2.29. The van der Waals surface area contributed by atoms with E-state index in [0.29, 0.717) is 5.69 Å². The van der Waals surface area contributed by atoms with Crippen molar-refractivity contribution in [3.05, 3.63) is 35.5 Å². The number of methoxy groups -OCH3 is 2. The van der Waals surface area contributed by atoms with Gasteiger partial charge in [0.1, 0.15) is 12.4 Å². The zero-order valence-electron chi connectivity index (χ0n) is 17.5. The average molecular weight is 457 g/mol. The van der Waals surface area contributed by atoms with Crippen LogP contribution < -0.4 is 9.80 Å². The molecular formula is C20H22F3N3O6. The maximum Gasteiger partial charge on any atom is 0.471 e. The molecule has 0 aromatic heterocycles. The molecule has 1 amide bonds. The summed E-state index contributed by atoms with van der Waals surface area (Å²) >= 11 is 0. The summed E-state index contributed by atoms with van der Waals surface area (Å²) in [5.74, 6) is -3.26. The summed E-state index contributed by atoms with van der Waals surface area (Å²) in [7, 11) is 2.39. The van der Waals surface area contributed by atoms with E-state index in [1.165, 1.54) is 19.1 Å². The molecule has 174 valence electrons. The molecule has 3 rings (SSSR count). The smallest absolute Gasteiger partial charge is 0.466 e. The summed E-state index contributed by atoms with van der Waals surface area (Å²) in [6.45, 7) is 0.298. The number of amides is 1. The lowest BCUT2D eigenvalue weighted by Crippen LogP contribution is -2.52. The molecule has 0 aliphatic carbocycles. The number of hydrogen-bond acceptors (Lipinski definition) is 8. The molecule has 12 heteroatoms. The van der Waals surface area contributed by atoms with Crippen LogP contribution in [0.25, 0.3) is 0 Å². The molecule has 2 heterocycles. The van der Waals surface area contributed by atoms with Crippen molar-refractivity contribution in [3.8, 4) is 0 Å². The van der Waals surface area contributed by atoms with E-state index in [-0.39, 0.29) is 50.8 Å². The number of halogens is 3. The molecular weight excluding hydrogens is 435 g/mol. The molecule has 0 bridgehead atoms. The van der Waals surface area contributed by atoms with Gasteiger partial charge in [0.2, 0.25) is 0 Å². The number of alkyl halides is 3. The third-order valence-electron chi connectivity index (χ3n) is 5.17. The molecule has 1 aromatic rings. The molecule has 32 heavy (non-hydrogen) atoms. The quantitative estimate of drug-likeness (QED) is 0.626. The van der Waals surface area contributed by atoms with Crippen LogP contribution in [-0.2, 0) is 28.6 Å². The molecule has 0 saturated carbocycles. The van der Waals surface area contributed by atoms with Gasteiger partial charge < -0.3 is 28.9 Å². The van der Waals surface area contributed by atoms with Gasteiger partial charge in [-0.05, 0) is 24.3 Å². The molecule has 1 saturated heterocycles. The Morgan fingerprint density at radius 1 is 0.906 bits per heavy atom. The first-order valence-electron chi connectivity index (χ1n) is 9.63. The summed E-state index contributed by atoms with van der Waals surface area (Å²) < 4.78 is 52.8. The number of nitrogens with zero attached hydrogens (tertiary/aromatic N) is 3. The first-order valence-corrected chi connectivity index (χ1v) is 9.63.